The molecule has 90 valence electrons. The highest BCUT2D eigenvalue weighted by Gasteiger charge is 2.13. The highest BCUT2D eigenvalue weighted by molar-refractivity contribution is 5.76. The Balaban J connectivity index is 3.55. The summed E-state index contributed by atoms with van der Waals surface area (Å²) < 4.78 is 0. The molecule has 1 amide bonds. The first-order valence-corrected chi connectivity index (χ1v) is 5.72. The normalized spacial score (nSPS) is 14.7. The van der Waals surface area contributed by atoms with Gasteiger partial charge in [-0.3, -0.25) is 4.79 Å². The van der Waals surface area contributed by atoms with Crippen LogP contribution in [0.5, 0.6) is 0 Å². The molecule has 4 nitrogen and oxygen atoms in total. The van der Waals surface area contributed by atoms with Crippen molar-refractivity contribution in [1.29, 1.82) is 0 Å². The van der Waals surface area contributed by atoms with E-state index in [0.717, 1.165) is 19.3 Å². The Bertz CT molecular complexity index is 174. The summed E-state index contributed by atoms with van der Waals surface area (Å²) in [6.45, 7) is 4.63. The van der Waals surface area contributed by atoms with Crippen molar-refractivity contribution >= 4 is 5.91 Å². The third-order valence-electron chi connectivity index (χ3n) is 2.64. The van der Waals surface area contributed by atoms with Gasteiger partial charge in [0.15, 0.2) is 0 Å². The van der Waals surface area contributed by atoms with E-state index in [1.807, 2.05) is 13.8 Å². The monoisotopic (exact) mass is 216 g/mol. The Morgan fingerprint density at radius 2 is 2.00 bits per heavy atom. The van der Waals surface area contributed by atoms with E-state index in [9.17, 15) is 4.79 Å². The van der Waals surface area contributed by atoms with Crippen LogP contribution in [-0.2, 0) is 4.79 Å². The Labute approximate surface area is 92.2 Å². The first-order valence-electron chi connectivity index (χ1n) is 5.72. The second-order valence-corrected chi connectivity index (χ2v) is 4.12. The van der Waals surface area contributed by atoms with E-state index in [-0.39, 0.29) is 24.5 Å². The Morgan fingerprint density at radius 1 is 1.33 bits per heavy atom. The third kappa shape index (κ3) is 7.33. The lowest BCUT2D eigenvalue weighted by Gasteiger charge is -2.19. The van der Waals surface area contributed by atoms with Crippen molar-refractivity contribution in [1.82, 2.24) is 5.32 Å². The fourth-order valence-corrected chi connectivity index (χ4v) is 1.23. The van der Waals surface area contributed by atoms with E-state index in [1.165, 1.54) is 0 Å². The predicted octanol–water partition coefficient (Wildman–Crippen LogP) is 0.639. The standard InChI is InChI=1S/C11H24N2O2/c1-9(8-14)10(2)13-11(15)6-4-3-5-7-12/h9-10,14H,3-8,12H2,1-2H3,(H,13,15). The minimum absolute atomic E-state index is 0.0389. The minimum Gasteiger partial charge on any atom is -0.396 e. The van der Waals surface area contributed by atoms with E-state index in [4.69, 9.17) is 10.8 Å². The molecule has 0 radical (unpaired) electrons. The summed E-state index contributed by atoms with van der Waals surface area (Å²) in [6.07, 6.45) is 3.44. The largest absolute Gasteiger partial charge is 0.396 e. The van der Waals surface area contributed by atoms with Crippen LogP contribution in [0.4, 0.5) is 0 Å². The lowest BCUT2D eigenvalue weighted by molar-refractivity contribution is -0.122. The van der Waals surface area contributed by atoms with Crippen LogP contribution in [0.25, 0.3) is 0 Å². The number of aliphatic hydroxyl groups is 1. The van der Waals surface area contributed by atoms with Crippen molar-refractivity contribution in [2.24, 2.45) is 11.7 Å². The number of hydrogen-bond acceptors (Lipinski definition) is 3. The number of unbranched alkanes of at least 4 members (excludes halogenated alkanes) is 2. The second kappa shape index (κ2) is 8.68. The molecule has 0 spiro atoms. The van der Waals surface area contributed by atoms with Gasteiger partial charge in [-0.05, 0) is 32.2 Å². The SMILES string of the molecule is CC(CO)C(C)NC(=O)CCCCCN. The number of aliphatic hydroxyl groups excluding tert-OH is 1. The van der Waals surface area contributed by atoms with Gasteiger partial charge in [0.1, 0.15) is 0 Å². The highest BCUT2D eigenvalue weighted by Crippen LogP contribution is 2.03. The fourth-order valence-electron chi connectivity index (χ4n) is 1.23. The molecule has 0 fully saturated rings. The maximum absolute atomic E-state index is 11.4. The fraction of sp³-hybridized carbons (Fsp3) is 0.909. The van der Waals surface area contributed by atoms with E-state index in [1.54, 1.807) is 0 Å². The van der Waals surface area contributed by atoms with E-state index in [2.05, 4.69) is 5.32 Å². The van der Waals surface area contributed by atoms with Crippen LogP contribution in [0.1, 0.15) is 39.5 Å². The number of nitrogens with two attached hydrogens (primary N) is 1. The summed E-state index contributed by atoms with van der Waals surface area (Å²) in [5.74, 6) is 0.179. The molecular formula is C11H24N2O2. The molecule has 0 heterocycles. The van der Waals surface area contributed by atoms with Crippen molar-refractivity contribution in [3.05, 3.63) is 0 Å². The van der Waals surface area contributed by atoms with Crippen LogP contribution in [-0.4, -0.2) is 30.2 Å². The topological polar surface area (TPSA) is 75.3 Å². The van der Waals surface area contributed by atoms with Gasteiger partial charge in [-0.25, -0.2) is 0 Å². The molecule has 0 aromatic carbocycles. The van der Waals surface area contributed by atoms with Crippen molar-refractivity contribution in [2.75, 3.05) is 13.2 Å². The van der Waals surface area contributed by atoms with E-state index >= 15 is 0 Å². The zero-order valence-electron chi connectivity index (χ0n) is 9.83. The molecule has 2 unspecified atom stereocenters. The van der Waals surface area contributed by atoms with Crippen LogP contribution in [0.3, 0.4) is 0 Å². The summed E-state index contributed by atoms with van der Waals surface area (Å²) in [5, 5.41) is 11.8. The lowest BCUT2D eigenvalue weighted by Crippen LogP contribution is -2.38. The zero-order valence-corrected chi connectivity index (χ0v) is 9.83. The predicted molar refractivity (Wildman–Crippen MR) is 61.4 cm³/mol. The molecule has 4 heteroatoms. The van der Waals surface area contributed by atoms with Crippen LogP contribution >= 0.6 is 0 Å². The molecule has 15 heavy (non-hydrogen) atoms. The van der Waals surface area contributed by atoms with Crippen LogP contribution < -0.4 is 11.1 Å². The summed E-state index contributed by atoms with van der Waals surface area (Å²) in [6, 6.07) is 0.0389. The number of hydrogen-bond donors (Lipinski definition) is 3. The molecule has 0 bridgehead atoms. The molecule has 0 saturated heterocycles. The Morgan fingerprint density at radius 3 is 2.53 bits per heavy atom. The quantitative estimate of drug-likeness (QED) is 0.521. The molecular weight excluding hydrogens is 192 g/mol. The molecule has 0 aliphatic rings. The number of amides is 1. The average molecular weight is 216 g/mol. The lowest BCUT2D eigenvalue weighted by atomic mass is 10.0. The first kappa shape index (κ1) is 14.4. The van der Waals surface area contributed by atoms with E-state index < -0.39 is 0 Å². The number of carbonyl (C=O) groups is 1. The maximum atomic E-state index is 11.4. The van der Waals surface area contributed by atoms with Gasteiger partial charge < -0.3 is 16.2 Å². The van der Waals surface area contributed by atoms with Crippen molar-refractivity contribution in [2.45, 2.75) is 45.6 Å². The summed E-state index contributed by atoms with van der Waals surface area (Å²) in [7, 11) is 0. The molecule has 0 aliphatic carbocycles. The van der Waals surface area contributed by atoms with Crippen LogP contribution in [0.15, 0.2) is 0 Å². The van der Waals surface area contributed by atoms with Gasteiger partial charge >= 0.3 is 0 Å². The van der Waals surface area contributed by atoms with Gasteiger partial charge in [0.2, 0.25) is 5.91 Å². The van der Waals surface area contributed by atoms with Crippen molar-refractivity contribution < 1.29 is 9.90 Å². The van der Waals surface area contributed by atoms with Gasteiger partial charge in [-0.15, -0.1) is 0 Å². The third-order valence-corrected chi connectivity index (χ3v) is 2.64. The van der Waals surface area contributed by atoms with Gasteiger partial charge in [-0.1, -0.05) is 13.3 Å². The van der Waals surface area contributed by atoms with Gasteiger partial charge in [0.05, 0.1) is 0 Å². The molecule has 0 rings (SSSR count). The number of rotatable bonds is 8. The summed E-state index contributed by atoms with van der Waals surface area (Å²) in [5.41, 5.74) is 5.36. The summed E-state index contributed by atoms with van der Waals surface area (Å²) in [4.78, 5) is 11.4. The molecule has 0 aromatic heterocycles. The highest BCUT2D eigenvalue weighted by atomic mass is 16.3. The van der Waals surface area contributed by atoms with Crippen molar-refractivity contribution in [3.63, 3.8) is 0 Å². The van der Waals surface area contributed by atoms with Gasteiger partial charge in [0.25, 0.3) is 0 Å². The molecule has 0 aliphatic heterocycles. The minimum atomic E-state index is 0.0389. The maximum Gasteiger partial charge on any atom is 0.220 e. The molecule has 0 aromatic rings. The second-order valence-electron chi connectivity index (χ2n) is 4.12. The molecule has 0 saturated carbocycles. The first-order chi connectivity index (χ1) is 7.11. The number of nitrogens with one attached hydrogen (secondary N) is 1. The molecule has 4 N–H and O–H groups in total. The summed E-state index contributed by atoms with van der Waals surface area (Å²) >= 11 is 0. The van der Waals surface area contributed by atoms with Crippen LogP contribution in [0, 0.1) is 5.92 Å². The van der Waals surface area contributed by atoms with Crippen molar-refractivity contribution in [3.8, 4) is 0 Å². The van der Waals surface area contributed by atoms with Crippen LogP contribution in [0.2, 0.25) is 0 Å². The molecule has 2 atom stereocenters. The Hall–Kier alpha value is -0.610. The average Bonchev–Trinajstić information content (AvgIpc) is 2.23. The van der Waals surface area contributed by atoms with Gasteiger partial charge in [-0.2, -0.15) is 0 Å². The Kier molecular flexibility index (Phi) is 8.33. The zero-order chi connectivity index (χ0) is 11.7. The smallest absolute Gasteiger partial charge is 0.220 e. The van der Waals surface area contributed by atoms with Gasteiger partial charge in [0, 0.05) is 19.1 Å². The van der Waals surface area contributed by atoms with E-state index in [0.29, 0.717) is 13.0 Å². The number of carbonyl (C=O) groups excluding carboxylic acids is 1.